The minimum atomic E-state index is -0.789. The topological polar surface area (TPSA) is 105 Å². The van der Waals surface area contributed by atoms with Gasteiger partial charge in [0, 0.05) is 0 Å². The molecule has 0 saturated heterocycles. The third kappa shape index (κ3) is 24.0. The van der Waals surface area contributed by atoms with Crippen molar-refractivity contribution in [2.45, 2.75) is 0 Å². The first-order valence-corrected chi connectivity index (χ1v) is 6.16. The third-order valence-electron chi connectivity index (χ3n) is 0.211. The predicted molar refractivity (Wildman–Crippen MR) is 16.2 cm³/mol. The molecule has 0 aromatic heterocycles. The molecule has 0 aromatic carbocycles. The molecule has 0 atom stereocenters. The molecule has 0 amide bonds. The van der Waals surface area contributed by atoms with Crippen LogP contribution in [-0.4, -0.2) is 10.2 Å². The fourth-order valence-corrected chi connectivity index (χ4v) is 0. The summed E-state index contributed by atoms with van der Waals surface area (Å²) in [6, 6.07) is 0. The first kappa shape index (κ1) is 12.9. The van der Waals surface area contributed by atoms with E-state index in [0.717, 1.165) is 0 Å². The molecule has 0 rings (SSSR count). The molecule has 0 saturated carbocycles. The van der Waals surface area contributed by atoms with Crippen molar-refractivity contribution in [3.63, 3.8) is 0 Å². The Morgan fingerprint density at radius 3 is 1.10 bits per heavy atom. The molecule has 0 bridgehead atoms. The number of nitrogens with zero attached hydrogens (tertiary/aromatic N) is 2. The Balaban J connectivity index is 0. The molecule has 0 radical (unpaired) electrons. The van der Waals surface area contributed by atoms with Crippen LogP contribution in [0.3, 0.4) is 0 Å². The molecule has 0 heterocycles. The van der Waals surface area contributed by atoms with Gasteiger partial charge in [-0.1, -0.05) is 0 Å². The fraction of sp³-hybridized carbons (Fsp3) is 0. The number of rotatable bonds is 2. The molecular weight excluding hydrogens is 525 g/mol. The zero-order valence-corrected chi connectivity index (χ0v) is 15.8. The van der Waals surface area contributed by atoms with Gasteiger partial charge >= 0.3 is 89.0 Å². The zero-order valence-electron chi connectivity index (χ0n) is 4.76. The van der Waals surface area contributed by atoms with Crippen LogP contribution in [0, 0.1) is 20.2 Å². The summed E-state index contributed by atoms with van der Waals surface area (Å²) < 4.78 is 7.33. The molecule has 0 fully saturated rings. The van der Waals surface area contributed by atoms with Gasteiger partial charge in [0.05, 0.1) is 0 Å². The summed E-state index contributed by atoms with van der Waals surface area (Å²) in [5.41, 5.74) is 0. The van der Waals surface area contributed by atoms with E-state index >= 15 is 0 Å². The molecular formula is Hg2N2O6. The van der Waals surface area contributed by atoms with Gasteiger partial charge in [-0.25, -0.2) is 0 Å². The van der Waals surface area contributed by atoms with Crippen molar-refractivity contribution in [1.82, 2.24) is 0 Å². The van der Waals surface area contributed by atoms with E-state index in [1.54, 1.807) is 0 Å². The Kier molecular flexibility index (Phi) is 12.0. The predicted octanol–water partition coefficient (Wildman–Crippen LogP) is -0.687. The molecule has 10 heavy (non-hydrogen) atoms. The maximum atomic E-state index is 9.00. The molecule has 10 heteroatoms. The second-order valence-electron chi connectivity index (χ2n) is 0.705. The van der Waals surface area contributed by atoms with Crippen molar-refractivity contribution in [2.24, 2.45) is 0 Å². The van der Waals surface area contributed by atoms with Crippen LogP contribution in [0.4, 0.5) is 0 Å². The van der Waals surface area contributed by atoms with Crippen LogP contribution < -0.4 is 0 Å². The van der Waals surface area contributed by atoms with Crippen LogP contribution in [0.2, 0.25) is 0 Å². The molecule has 8 nitrogen and oxygen atoms in total. The second kappa shape index (κ2) is 9.27. The molecule has 50 valence electrons. The normalized spacial score (nSPS) is 6.80. The van der Waals surface area contributed by atoms with Crippen LogP contribution >= 0.6 is 0 Å². The Labute approximate surface area is 88.3 Å². The van der Waals surface area contributed by atoms with E-state index in [0.29, 0.717) is 0 Å². The van der Waals surface area contributed by atoms with E-state index in [9.17, 15) is 0 Å². The van der Waals surface area contributed by atoms with Crippen molar-refractivity contribution >= 4 is 0 Å². The molecule has 0 N–H and O–H groups in total. The van der Waals surface area contributed by atoms with Gasteiger partial charge in [-0.3, -0.25) is 0 Å². The fourth-order valence-electron chi connectivity index (χ4n) is 0. The van der Waals surface area contributed by atoms with E-state index in [1.165, 1.54) is 0 Å². The monoisotopic (exact) mass is 528 g/mol. The van der Waals surface area contributed by atoms with Crippen molar-refractivity contribution in [3.05, 3.63) is 20.2 Å². The van der Waals surface area contributed by atoms with E-state index in [-0.39, 0.29) is 53.2 Å². The van der Waals surface area contributed by atoms with Crippen LogP contribution in [0.25, 0.3) is 0 Å². The van der Waals surface area contributed by atoms with Crippen LogP contribution in [-0.2, 0) is 58.6 Å². The van der Waals surface area contributed by atoms with Crippen molar-refractivity contribution in [3.8, 4) is 0 Å². The Morgan fingerprint density at radius 1 is 1.00 bits per heavy atom. The SMILES string of the molecule is O=[N+]([O-])[O][Hg].O=[N+]([O-])[O][Hg]. The van der Waals surface area contributed by atoms with Crippen molar-refractivity contribution in [2.75, 3.05) is 0 Å². The Bertz CT molecular complexity index is 98.3. The summed E-state index contributed by atoms with van der Waals surface area (Å²) in [5, 5.41) is 16.4. The van der Waals surface area contributed by atoms with Gasteiger partial charge < -0.3 is 0 Å². The Hall–Kier alpha value is 0.270. The van der Waals surface area contributed by atoms with Crippen LogP contribution in [0.15, 0.2) is 0 Å². The quantitative estimate of drug-likeness (QED) is 0.269. The first-order valence-electron chi connectivity index (χ1n) is 1.67. The molecule has 0 aliphatic heterocycles. The Morgan fingerprint density at radius 2 is 1.10 bits per heavy atom. The average molecular weight is 525 g/mol. The maximum absolute atomic E-state index is 9.00. The van der Waals surface area contributed by atoms with Gasteiger partial charge in [0.25, 0.3) is 0 Å². The third-order valence-corrected chi connectivity index (χ3v) is 1.85. The van der Waals surface area contributed by atoms with Crippen molar-refractivity contribution in [1.29, 1.82) is 0 Å². The summed E-state index contributed by atoms with van der Waals surface area (Å²) in [7, 11) is 0. The summed E-state index contributed by atoms with van der Waals surface area (Å²) >= 11 is -0.312. The molecule has 0 spiro atoms. The summed E-state index contributed by atoms with van der Waals surface area (Å²) in [6.45, 7) is 0. The molecule has 0 aliphatic carbocycles. The minimum absolute atomic E-state index is 0.156. The van der Waals surface area contributed by atoms with Gasteiger partial charge in [0.15, 0.2) is 0 Å². The summed E-state index contributed by atoms with van der Waals surface area (Å²) in [4.78, 5) is 18.0. The van der Waals surface area contributed by atoms with Gasteiger partial charge in [0.1, 0.15) is 0 Å². The average Bonchev–Trinajstić information content (AvgIpc) is 1.89. The van der Waals surface area contributed by atoms with E-state index < -0.39 is 10.2 Å². The second-order valence-corrected chi connectivity index (χ2v) is 2.71. The molecule has 0 aromatic rings. The van der Waals surface area contributed by atoms with E-state index in [4.69, 9.17) is 20.2 Å². The molecule has 0 unspecified atom stereocenters. The zero-order chi connectivity index (χ0) is 8.57. The van der Waals surface area contributed by atoms with Gasteiger partial charge in [-0.15, -0.1) is 0 Å². The van der Waals surface area contributed by atoms with Gasteiger partial charge in [-0.05, 0) is 0 Å². The van der Waals surface area contributed by atoms with Crippen LogP contribution in [0.5, 0.6) is 0 Å². The van der Waals surface area contributed by atoms with Crippen LogP contribution in [0.1, 0.15) is 0 Å². The number of hydrogen-bond donors (Lipinski definition) is 0. The van der Waals surface area contributed by atoms with E-state index in [2.05, 4.69) is 5.49 Å². The van der Waals surface area contributed by atoms with Gasteiger partial charge in [0.2, 0.25) is 0 Å². The standard InChI is InChI=1S/2Hg.2NO3/c;;2*2-1(3)4/q2*+1;2*-1. The number of hydrogen-bond acceptors (Lipinski definition) is 6. The summed E-state index contributed by atoms with van der Waals surface area (Å²) in [5.74, 6) is 0. The molecule has 0 aliphatic rings. The summed E-state index contributed by atoms with van der Waals surface area (Å²) in [6.07, 6.45) is 0. The first-order chi connectivity index (χ1) is 4.54. The van der Waals surface area contributed by atoms with Crippen molar-refractivity contribution < 1.29 is 68.8 Å². The van der Waals surface area contributed by atoms with E-state index in [1.807, 2.05) is 0 Å². The van der Waals surface area contributed by atoms with Gasteiger partial charge in [-0.2, -0.15) is 0 Å².